The van der Waals surface area contributed by atoms with Gasteiger partial charge in [0.1, 0.15) is 5.69 Å². The number of carbonyl (C=O) groups is 2. The molecule has 5 atom stereocenters. The van der Waals surface area contributed by atoms with E-state index in [9.17, 15) is 9.59 Å². The zero-order valence-electron chi connectivity index (χ0n) is 14.3. The first kappa shape index (κ1) is 15.7. The van der Waals surface area contributed by atoms with Crippen LogP contribution < -0.4 is 5.32 Å². The highest BCUT2D eigenvalue weighted by Gasteiger charge is 2.49. The highest BCUT2D eigenvalue weighted by molar-refractivity contribution is 5.92. The largest absolute Gasteiger partial charge is 0.376 e. The molecule has 1 N–H and O–H groups in total. The van der Waals surface area contributed by atoms with Crippen molar-refractivity contribution in [1.29, 1.82) is 0 Å². The van der Waals surface area contributed by atoms with Crippen molar-refractivity contribution in [1.82, 2.24) is 14.8 Å². The van der Waals surface area contributed by atoms with E-state index < -0.39 is 0 Å². The van der Waals surface area contributed by atoms with E-state index >= 15 is 0 Å². The van der Waals surface area contributed by atoms with Crippen molar-refractivity contribution in [3.63, 3.8) is 0 Å². The second-order valence-corrected chi connectivity index (χ2v) is 7.57. The molecule has 1 saturated carbocycles. The van der Waals surface area contributed by atoms with Gasteiger partial charge in [-0.15, -0.1) is 0 Å². The Labute approximate surface area is 142 Å². The van der Waals surface area contributed by atoms with Crippen LogP contribution in [0.5, 0.6) is 0 Å². The van der Waals surface area contributed by atoms with Crippen molar-refractivity contribution in [2.45, 2.75) is 19.4 Å². The maximum absolute atomic E-state index is 12.4. The van der Waals surface area contributed by atoms with Crippen molar-refractivity contribution in [3.8, 4) is 0 Å². The molecule has 4 rings (SSSR count). The molecule has 2 amide bonds. The topological polar surface area (TPSA) is 63.6 Å². The number of aromatic nitrogens is 1. The fourth-order valence-corrected chi connectivity index (χ4v) is 4.10. The number of aryl methyl sites for hydroxylation is 1. The summed E-state index contributed by atoms with van der Waals surface area (Å²) in [6.07, 6.45) is 3.03. The van der Waals surface area contributed by atoms with Gasteiger partial charge in [-0.1, -0.05) is 6.92 Å². The molecule has 2 unspecified atom stereocenters. The Bertz CT molecular complexity index is 656. The summed E-state index contributed by atoms with van der Waals surface area (Å²) < 4.78 is 7.71. The molecule has 1 aromatic rings. The molecule has 6 heteroatoms. The van der Waals surface area contributed by atoms with Crippen LogP contribution in [0, 0.1) is 23.7 Å². The molecule has 2 aliphatic heterocycles. The van der Waals surface area contributed by atoms with Gasteiger partial charge in [0.25, 0.3) is 5.91 Å². The Morgan fingerprint density at radius 3 is 2.83 bits per heavy atom. The fourth-order valence-electron chi connectivity index (χ4n) is 4.10. The smallest absolute Gasteiger partial charge is 0.267 e. The summed E-state index contributed by atoms with van der Waals surface area (Å²) in [5.41, 5.74) is 0.663. The molecule has 0 bridgehead atoms. The zero-order valence-corrected chi connectivity index (χ0v) is 14.3. The fraction of sp³-hybridized carbons (Fsp3) is 0.667. The van der Waals surface area contributed by atoms with Crippen LogP contribution in [-0.2, 0) is 16.6 Å². The summed E-state index contributed by atoms with van der Waals surface area (Å²) >= 11 is 0. The third-order valence-corrected chi connectivity index (χ3v) is 5.88. The molecule has 3 fully saturated rings. The number of carbonyl (C=O) groups excluding carboxylic acids is 2. The number of fused-ring (bicyclic) bond motifs is 1. The lowest BCUT2D eigenvalue weighted by molar-refractivity contribution is -0.132. The van der Waals surface area contributed by atoms with Gasteiger partial charge in [0, 0.05) is 50.6 Å². The number of nitrogens with zero attached hydrogens (tertiary/aromatic N) is 2. The van der Waals surface area contributed by atoms with Crippen LogP contribution in [0.1, 0.15) is 23.8 Å². The van der Waals surface area contributed by atoms with E-state index in [1.807, 2.05) is 34.8 Å². The number of amides is 2. The quantitative estimate of drug-likeness (QED) is 0.891. The average molecular weight is 331 g/mol. The molecular weight excluding hydrogens is 306 g/mol. The Morgan fingerprint density at radius 1 is 1.38 bits per heavy atom. The first-order valence-corrected chi connectivity index (χ1v) is 8.84. The van der Waals surface area contributed by atoms with E-state index in [0.717, 1.165) is 19.5 Å². The third kappa shape index (κ3) is 2.73. The summed E-state index contributed by atoms with van der Waals surface area (Å²) in [4.78, 5) is 26.6. The van der Waals surface area contributed by atoms with E-state index in [4.69, 9.17) is 4.74 Å². The minimum atomic E-state index is -0.0521. The van der Waals surface area contributed by atoms with Crippen molar-refractivity contribution in [2.75, 3.05) is 26.2 Å². The van der Waals surface area contributed by atoms with Crippen LogP contribution in [0.3, 0.4) is 0 Å². The highest BCUT2D eigenvalue weighted by atomic mass is 16.5. The molecular formula is C18H25N3O3. The van der Waals surface area contributed by atoms with Crippen LogP contribution in [0.2, 0.25) is 0 Å². The van der Waals surface area contributed by atoms with Gasteiger partial charge in [-0.05, 0) is 24.5 Å². The Kier molecular flexibility index (Phi) is 3.87. The molecule has 2 saturated heterocycles. The van der Waals surface area contributed by atoms with Crippen LogP contribution >= 0.6 is 0 Å². The van der Waals surface area contributed by atoms with Gasteiger partial charge in [-0.3, -0.25) is 9.59 Å². The minimum absolute atomic E-state index is 0.0521. The lowest BCUT2D eigenvalue weighted by atomic mass is 9.93. The normalized spacial score (nSPS) is 34.2. The molecule has 1 aliphatic carbocycles. The van der Waals surface area contributed by atoms with Gasteiger partial charge in [0.15, 0.2) is 0 Å². The lowest BCUT2D eigenvalue weighted by Gasteiger charge is -2.20. The third-order valence-electron chi connectivity index (χ3n) is 5.88. The number of ether oxygens (including phenoxy) is 1. The number of likely N-dealkylation sites (tertiary alicyclic amines) is 1. The summed E-state index contributed by atoms with van der Waals surface area (Å²) in [6, 6.07) is 3.68. The molecule has 3 heterocycles. The van der Waals surface area contributed by atoms with Gasteiger partial charge >= 0.3 is 0 Å². The average Bonchev–Trinajstić information content (AvgIpc) is 2.94. The molecule has 6 nitrogen and oxygen atoms in total. The molecule has 130 valence electrons. The van der Waals surface area contributed by atoms with Crippen molar-refractivity contribution < 1.29 is 14.3 Å². The van der Waals surface area contributed by atoms with E-state index in [0.29, 0.717) is 36.6 Å². The SMILES string of the molecule is CC1CC1C(=O)N1C[C@@H]2[C@H](CNC(=O)c3cccn3C)CO[C@@H]2C1. The molecule has 24 heavy (non-hydrogen) atoms. The Balaban J connectivity index is 1.32. The maximum atomic E-state index is 12.4. The summed E-state index contributed by atoms with van der Waals surface area (Å²) in [6.45, 7) is 4.90. The summed E-state index contributed by atoms with van der Waals surface area (Å²) in [7, 11) is 1.86. The van der Waals surface area contributed by atoms with Crippen LogP contribution in [-0.4, -0.2) is 53.6 Å². The van der Waals surface area contributed by atoms with Crippen LogP contribution in [0.15, 0.2) is 18.3 Å². The van der Waals surface area contributed by atoms with E-state index in [1.54, 1.807) is 0 Å². The van der Waals surface area contributed by atoms with Crippen molar-refractivity contribution >= 4 is 11.8 Å². The van der Waals surface area contributed by atoms with Gasteiger partial charge in [-0.2, -0.15) is 0 Å². The number of rotatable bonds is 4. The van der Waals surface area contributed by atoms with E-state index in [-0.39, 0.29) is 23.8 Å². The maximum Gasteiger partial charge on any atom is 0.267 e. The second kappa shape index (κ2) is 5.92. The lowest BCUT2D eigenvalue weighted by Crippen LogP contribution is -2.36. The molecule has 0 spiro atoms. The predicted molar refractivity (Wildman–Crippen MR) is 88.3 cm³/mol. The number of nitrogens with one attached hydrogen (secondary N) is 1. The standard InChI is InChI=1S/C18H25N3O3/c1-11-6-13(11)18(23)21-8-14-12(10-24-16(14)9-21)7-19-17(22)15-4-3-5-20(15)2/h3-5,11-14,16H,6-10H2,1-2H3,(H,19,22)/t11?,12-,13?,14-,16-/m1/s1. The zero-order chi connectivity index (χ0) is 16.8. The first-order chi connectivity index (χ1) is 11.5. The Morgan fingerprint density at radius 2 is 2.17 bits per heavy atom. The van der Waals surface area contributed by atoms with Crippen LogP contribution in [0.25, 0.3) is 0 Å². The van der Waals surface area contributed by atoms with Crippen molar-refractivity contribution in [3.05, 3.63) is 24.0 Å². The van der Waals surface area contributed by atoms with E-state index in [1.165, 1.54) is 0 Å². The first-order valence-electron chi connectivity index (χ1n) is 8.84. The summed E-state index contributed by atoms with van der Waals surface area (Å²) in [5.74, 6) is 1.65. The van der Waals surface area contributed by atoms with Crippen molar-refractivity contribution in [2.24, 2.45) is 30.7 Å². The van der Waals surface area contributed by atoms with Gasteiger partial charge < -0.3 is 19.5 Å². The Hall–Kier alpha value is -1.82. The van der Waals surface area contributed by atoms with Gasteiger partial charge in [0.05, 0.1) is 12.7 Å². The number of hydrogen-bond acceptors (Lipinski definition) is 3. The van der Waals surface area contributed by atoms with E-state index in [2.05, 4.69) is 12.2 Å². The minimum Gasteiger partial charge on any atom is -0.376 e. The summed E-state index contributed by atoms with van der Waals surface area (Å²) in [5, 5.41) is 3.02. The monoisotopic (exact) mass is 331 g/mol. The predicted octanol–water partition coefficient (Wildman–Crippen LogP) is 0.884. The van der Waals surface area contributed by atoms with Gasteiger partial charge in [0.2, 0.25) is 5.91 Å². The number of hydrogen-bond donors (Lipinski definition) is 1. The van der Waals surface area contributed by atoms with Gasteiger partial charge in [-0.25, -0.2) is 0 Å². The second-order valence-electron chi connectivity index (χ2n) is 7.57. The molecule has 0 radical (unpaired) electrons. The molecule has 1 aromatic heterocycles. The highest BCUT2D eigenvalue weighted by Crippen LogP contribution is 2.41. The van der Waals surface area contributed by atoms with Crippen LogP contribution in [0.4, 0.5) is 0 Å². The molecule has 0 aromatic carbocycles. The molecule has 3 aliphatic rings.